The van der Waals surface area contributed by atoms with Crippen LogP contribution in [0, 0.1) is 5.82 Å². The third-order valence-corrected chi connectivity index (χ3v) is 3.45. The lowest BCUT2D eigenvalue weighted by Crippen LogP contribution is -2.52. The van der Waals surface area contributed by atoms with Gasteiger partial charge in [0.2, 0.25) is 0 Å². The average molecular weight is 177 g/mol. The molecule has 2 aliphatic rings. The minimum Gasteiger partial charge on any atom is -0.307 e. The fourth-order valence-electron chi connectivity index (χ4n) is 2.60. The summed E-state index contributed by atoms with van der Waals surface area (Å²) in [6.07, 6.45) is 3.14. The molecule has 1 aliphatic heterocycles. The van der Waals surface area contributed by atoms with Crippen molar-refractivity contribution in [3.05, 3.63) is 35.1 Å². The zero-order valence-electron chi connectivity index (χ0n) is 7.44. The summed E-state index contributed by atoms with van der Waals surface area (Å²) in [6.45, 7) is 1.08. The normalized spacial score (nSPS) is 30.2. The molecule has 0 aromatic heterocycles. The van der Waals surface area contributed by atoms with E-state index < -0.39 is 0 Å². The highest BCUT2D eigenvalue weighted by molar-refractivity contribution is 5.41. The zero-order chi connectivity index (χ0) is 8.89. The van der Waals surface area contributed by atoms with E-state index in [1.165, 1.54) is 12.0 Å². The Labute approximate surface area is 77.0 Å². The van der Waals surface area contributed by atoms with Crippen LogP contribution in [-0.2, 0) is 12.0 Å². The van der Waals surface area contributed by atoms with Crippen molar-refractivity contribution in [1.29, 1.82) is 0 Å². The first-order chi connectivity index (χ1) is 6.32. The molecule has 1 atom stereocenters. The molecule has 1 aliphatic carbocycles. The molecule has 1 nitrogen and oxygen atoms in total. The first-order valence-corrected chi connectivity index (χ1v) is 4.85. The molecular weight excluding hydrogens is 165 g/mol. The van der Waals surface area contributed by atoms with Crippen molar-refractivity contribution in [1.82, 2.24) is 5.32 Å². The predicted octanol–water partition coefficient (Wildman–Crippen LogP) is 1.96. The highest BCUT2D eigenvalue weighted by atomic mass is 19.1. The molecule has 13 heavy (non-hydrogen) atoms. The highest BCUT2D eigenvalue weighted by Gasteiger charge is 2.43. The van der Waals surface area contributed by atoms with Crippen molar-refractivity contribution < 1.29 is 4.39 Å². The molecule has 1 spiro atoms. The van der Waals surface area contributed by atoms with Gasteiger partial charge >= 0.3 is 0 Å². The van der Waals surface area contributed by atoms with E-state index in [2.05, 4.69) is 11.4 Å². The summed E-state index contributed by atoms with van der Waals surface area (Å²) in [5.41, 5.74) is 2.30. The molecule has 1 fully saturated rings. The van der Waals surface area contributed by atoms with Crippen molar-refractivity contribution in [2.45, 2.75) is 24.8 Å². The topological polar surface area (TPSA) is 12.0 Å². The number of benzene rings is 1. The third kappa shape index (κ3) is 0.841. The van der Waals surface area contributed by atoms with Gasteiger partial charge in [-0.15, -0.1) is 0 Å². The number of hydrogen-bond donors (Lipinski definition) is 1. The molecule has 1 aromatic rings. The van der Waals surface area contributed by atoms with Gasteiger partial charge in [-0.2, -0.15) is 0 Å². The van der Waals surface area contributed by atoms with Crippen LogP contribution in [0.25, 0.3) is 0 Å². The number of fused-ring (bicyclic) bond motifs is 2. The molecule has 1 aromatic carbocycles. The number of rotatable bonds is 0. The molecule has 0 saturated carbocycles. The molecule has 1 N–H and O–H groups in total. The van der Waals surface area contributed by atoms with Gasteiger partial charge in [-0.1, -0.05) is 12.1 Å². The van der Waals surface area contributed by atoms with Gasteiger partial charge in [-0.3, -0.25) is 0 Å². The summed E-state index contributed by atoms with van der Waals surface area (Å²) >= 11 is 0. The Morgan fingerprint density at radius 1 is 1.31 bits per heavy atom. The molecular formula is C11H12FN. The van der Waals surface area contributed by atoms with E-state index in [1.54, 1.807) is 6.07 Å². The Balaban J connectivity index is 2.16. The molecule has 2 heteroatoms. The first-order valence-electron chi connectivity index (χ1n) is 4.85. The molecule has 1 unspecified atom stereocenters. The van der Waals surface area contributed by atoms with Gasteiger partial charge in [0.25, 0.3) is 0 Å². The van der Waals surface area contributed by atoms with Crippen molar-refractivity contribution in [3.8, 4) is 0 Å². The summed E-state index contributed by atoms with van der Waals surface area (Å²) in [4.78, 5) is 0. The minimum absolute atomic E-state index is 0.0249. The maximum atomic E-state index is 13.4. The van der Waals surface area contributed by atoms with Crippen LogP contribution in [0.2, 0.25) is 0 Å². The minimum atomic E-state index is -0.0249. The monoisotopic (exact) mass is 177 g/mol. The van der Waals surface area contributed by atoms with Crippen molar-refractivity contribution in [3.63, 3.8) is 0 Å². The maximum absolute atomic E-state index is 13.4. The zero-order valence-corrected chi connectivity index (χ0v) is 7.44. The van der Waals surface area contributed by atoms with E-state index in [0.717, 1.165) is 24.9 Å². The van der Waals surface area contributed by atoms with Crippen LogP contribution in [-0.4, -0.2) is 6.54 Å². The van der Waals surface area contributed by atoms with Crippen LogP contribution in [0.15, 0.2) is 18.2 Å². The van der Waals surface area contributed by atoms with Gasteiger partial charge in [0.15, 0.2) is 0 Å². The molecule has 3 rings (SSSR count). The molecule has 68 valence electrons. The van der Waals surface area contributed by atoms with Crippen molar-refractivity contribution >= 4 is 0 Å². The average Bonchev–Trinajstić information content (AvgIpc) is 2.44. The molecule has 0 amide bonds. The van der Waals surface area contributed by atoms with Gasteiger partial charge < -0.3 is 5.32 Å². The van der Waals surface area contributed by atoms with E-state index in [1.807, 2.05) is 6.07 Å². The van der Waals surface area contributed by atoms with Crippen molar-refractivity contribution in [2.75, 3.05) is 6.54 Å². The van der Waals surface area contributed by atoms with Crippen LogP contribution < -0.4 is 5.32 Å². The maximum Gasteiger partial charge on any atom is 0.126 e. The van der Waals surface area contributed by atoms with E-state index in [4.69, 9.17) is 0 Å². The van der Waals surface area contributed by atoms with Gasteiger partial charge in [-0.05, 0) is 43.0 Å². The standard InChI is InChI=1S/C11H12FN/c12-10-3-1-2-9-8(10)4-5-11(9)6-7-13-11/h1-3,13H,4-7H2. The Morgan fingerprint density at radius 2 is 2.15 bits per heavy atom. The van der Waals surface area contributed by atoms with Crippen LogP contribution in [0.3, 0.4) is 0 Å². The first kappa shape index (κ1) is 7.51. The summed E-state index contributed by atoms with van der Waals surface area (Å²) in [5.74, 6) is -0.0249. The highest BCUT2D eigenvalue weighted by Crippen LogP contribution is 2.43. The number of halogens is 1. The fraction of sp³-hybridized carbons (Fsp3) is 0.455. The summed E-state index contributed by atoms with van der Waals surface area (Å²) in [7, 11) is 0. The summed E-state index contributed by atoms with van der Waals surface area (Å²) in [6, 6.07) is 5.45. The van der Waals surface area contributed by atoms with Gasteiger partial charge in [0.1, 0.15) is 5.82 Å². The lowest BCUT2D eigenvalue weighted by atomic mass is 9.82. The van der Waals surface area contributed by atoms with Crippen LogP contribution in [0.4, 0.5) is 4.39 Å². The summed E-state index contributed by atoms with van der Waals surface area (Å²) in [5, 5.41) is 3.44. The lowest BCUT2D eigenvalue weighted by molar-refractivity contribution is 0.210. The fourth-order valence-corrected chi connectivity index (χ4v) is 2.60. The van der Waals surface area contributed by atoms with E-state index in [-0.39, 0.29) is 11.4 Å². The Bertz CT molecular complexity index is 355. The Hall–Kier alpha value is -0.890. The molecule has 1 saturated heterocycles. The van der Waals surface area contributed by atoms with Crippen LogP contribution >= 0.6 is 0 Å². The predicted molar refractivity (Wildman–Crippen MR) is 49.0 cm³/mol. The van der Waals surface area contributed by atoms with E-state index in [0.29, 0.717) is 0 Å². The van der Waals surface area contributed by atoms with Gasteiger partial charge in [0.05, 0.1) is 0 Å². The third-order valence-electron chi connectivity index (χ3n) is 3.45. The lowest BCUT2D eigenvalue weighted by Gasteiger charge is -2.41. The largest absolute Gasteiger partial charge is 0.307 e. The molecule has 0 radical (unpaired) electrons. The van der Waals surface area contributed by atoms with E-state index >= 15 is 0 Å². The van der Waals surface area contributed by atoms with Crippen LogP contribution in [0.5, 0.6) is 0 Å². The van der Waals surface area contributed by atoms with Crippen LogP contribution in [0.1, 0.15) is 24.0 Å². The van der Waals surface area contributed by atoms with Gasteiger partial charge in [0, 0.05) is 5.54 Å². The molecule has 1 heterocycles. The van der Waals surface area contributed by atoms with Crippen molar-refractivity contribution in [2.24, 2.45) is 0 Å². The smallest absolute Gasteiger partial charge is 0.126 e. The Kier molecular flexibility index (Phi) is 1.34. The SMILES string of the molecule is Fc1cccc2c1CCC21CCN1. The second kappa shape index (κ2) is 2.32. The Morgan fingerprint density at radius 3 is 2.85 bits per heavy atom. The molecule has 0 bridgehead atoms. The number of hydrogen-bond acceptors (Lipinski definition) is 1. The summed E-state index contributed by atoms with van der Waals surface area (Å²) < 4.78 is 13.4. The number of nitrogens with one attached hydrogen (secondary N) is 1. The second-order valence-electron chi connectivity index (χ2n) is 4.02. The second-order valence-corrected chi connectivity index (χ2v) is 4.02. The van der Waals surface area contributed by atoms with E-state index in [9.17, 15) is 4.39 Å². The quantitative estimate of drug-likeness (QED) is 0.638. The van der Waals surface area contributed by atoms with Gasteiger partial charge in [-0.25, -0.2) is 4.39 Å².